The maximum Gasteiger partial charge on any atom is 0.319 e. The van der Waals surface area contributed by atoms with Crippen molar-refractivity contribution in [1.82, 2.24) is 10.6 Å². The number of urea groups is 1. The van der Waals surface area contributed by atoms with Gasteiger partial charge in [0.2, 0.25) is 0 Å². The summed E-state index contributed by atoms with van der Waals surface area (Å²) in [6, 6.07) is 13.4. The van der Waals surface area contributed by atoms with Crippen LogP contribution in [0.1, 0.15) is 25.5 Å². The highest BCUT2D eigenvalue weighted by Gasteiger charge is 2.31. The second-order valence-electron chi connectivity index (χ2n) is 6.26. The van der Waals surface area contributed by atoms with Crippen LogP contribution in [0, 0.1) is 0 Å². The van der Waals surface area contributed by atoms with E-state index in [2.05, 4.69) is 16.0 Å². The summed E-state index contributed by atoms with van der Waals surface area (Å²) < 4.78 is 10.7. The standard InChI is InChI=1S/C21H23N3O4/c1-4-28-16-10-8-15(9-11-16)23-20(25)18-13(2)22-21(26)24-19(18)14-6-5-7-17(12-14)27-3/h5-12,19H,4H2,1-3H3,(H,23,25)(H2,22,24,26). The first-order valence-corrected chi connectivity index (χ1v) is 8.98. The molecule has 0 aromatic heterocycles. The van der Waals surface area contributed by atoms with Crippen molar-refractivity contribution in [3.63, 3.8) is 0 Å². The van der Waals surface area contributed by atoms with E-state index in [0.29, 0.717) is 29.3 Å². The summed E-state index contributed by atoms with van der Waals surface area (Å²) in [5.41, 5.74) is 2.32. The van der Waals surface area contributed by atoms with Crippen LogP contribution >= 0.6 is 0 Å². The molecule has 3 rings (SSSR count). The van der Waals surface area contributed by atoms with Crippen LogP contribution in [0.2, 0.25) is 0 Å². The Morgan fingerprint density at radius 2 is 1.89 bits per heavy atom. The van der Waals surface area contributed by atoms with E-state index in [-0.39, 0.29) is 11.9 Å². The normalized spacial score (nSPS) is 16.1. The predicted molar refractivity (Wildman–Crippen MR) is 106 cm³/mol. The lowest BCUT2D eigenvalue weighted by molar-refractivity contribution is -0.113. The van der Waals surface area contributed by atoms with Crippen molar-refractivity contribution in [1.29, 1.82) is 0 Å². The monoisotopic (exact) mass is 381 g/mol. The third-order valence-corrected chi connectivity index (χ3v) is 4.36. The van der Waals surface area contributed by atoms with Gasteiger partial charge in [-0.2, -0.15) is 0 Å². The van der Waals surface area contributed by atoms with Crippen LogP contribution in [0.4, 0.5) is 10.5 Å². The Kier molecular flexibility index (Phi) is 5.84. The van der Waals surface area contributed by atoms with Gasteiger partial charge in [0.1, 0.15) is 11.5 Å². The van der Waals surface area contributed by atoms with Gasteiger partial charge < -0.3 is 25.4 Å². The molecule has 3 N–H and O–H groups in total. The van der Waals surface area contributed by atoms with Crippen LogP contribution in [0.3, 0.4) is 0 Å². The molecular weight excluding hydrogens is 358 g/mol. The molecule has 3 amide bonds. The molecule has 1 atom stereocenters. The van der Waals surface area contributed by atoms with Crippen LogP contribution in [-0.4, -0.2) is 25.7 Å². The molecule has 0 bridgehead atoms. The molecular formula is C21H23N3O4. The van der Waals surface area contributed by atoms with Gasteiger partial charge in [-0.3, -0.25) is 4.79 Å². The Morgan fingerprint density at radius 3 is 2.57 bits per heavy atom. The second-order valence-corrected chi connectivity index (χ2v) is 6.26. The van der Waals surface area contributed by atoms with E-state index in [1.54, 1.807) is 44.4 Å². The first-order valence-electron chi connectivity index (χ1n) is 8.98. The lowest BCUT2D eigenvalue weighted by atomic mass is 9.94. The lowest BCUT2D eigenvalue weighted by Crippen LogP contribution is -2.45. The van der Waals surface area contributed by atoms with Crippen molar-refractivity contribution in [2.45, 2.75) is 19.9 Å². The van der Waals surface area contributed by atoms with Crippen molar-refractivity contribution in [3.8, 4) is 11.5 Å². The van der Waals surface area contributed by atoms with Gasteiger partial charge >= 0.3 is 6.03 Å². The van der Waals surface area contributed by atoms with Gasteiger partial charge in [-0.05, 0) is 55.8 Å². The van der Waals surface area contributed by atoms with Crippen molar-refractivity contribution >= 4 is 17.6 Å². The minimum Gasteiger partial charge on any atom is -0.497 e. The summed E-state index contributed by atoms with van der Waals surface area (Å²) in [6.07, 6.45) is 0. The number of hydrogen-bond acceptors (Lipinski definition) is 4. The molecule has 0 saturated carbocycles. The summed E-state index contributed by atoms with van der Waals surface area (Å²) in [6.45, 7) is 4.19. The Hall–Kier alpha value is -3.48. The summed E-state index contributed by atoms with van der Waals surface area (Å²) >= 11 is 0. The molecule has 0 saturated heterocycles. The fraction of sp³-hybridized carbons (Fsp3) is 0.238. The molecule has 2 aromatic rings. The molecule has 2 aromatic carbocycles. The molecule has 1 unspecified atom stereocenters. The van der Waals surface area contributed by atoms with E-state index in [1.807, 2.05) is 25.1 Å². The van der Waals surface area contributed by atoms with E-state index in [1.165, 1.54) is 0 Å². The average molecular weight is 381 g/mol. The summed E-state index contributed by atoms with van der Waals surface area (Å²) in [5.74, 6) is 1.08. The number of benzene rings is 2. The van der Waals surface area contributed by atoms with E-state index in [4.69, 9.17) is 9.47 Å². The van der Waals surface area contributed by atoms with Gasteiger partial charge in [0.15, 0.2) is 0 Å². The zero-order valence-electron chi connectivity index (χ0n) is 16.0. The Labute approximate surface area is 163 Å². The van der Waals surface area contributed by atoms with E-state index < -0.39 is 6.04 Å². The van der Waals surface area contributed by atoms with Crippen molar-refractivity contribution in [2.75, 3.05) is 19.0 Å². The zero-order valence-corrected chi connectivity index (χ0v) is 16.0. The fourth-order valence-corrected chi connectivity index (χ4v) is 3.07. The molecule has 1 aliphatic rings. The van der Waals surface area contributed by atoms with Gasteiger partial charge in [-0.1, -0.05) is 12.1 Å². The molecule has 0 radical (unpaired) electrons. The minimum atomic E-state index is -0.591. The summed E-state index contributed by atoms with van der Waals surface area (Å²) in [5, 5.41) is 8.36. The molecule has 0 aliphatic carbocycles. The summed E-state index contributed by atoms with van der Waals surface area (Å²) in [7, 11) is 1.57. The number of carbonyl (C=O) groups is 2. The second kappa shape index (κ2) is 8.47. The van der Waals surface area contributed by atoms with Crippen LogP contribution in [-0.2, 0) is 4.79 Å². The molecule has 0 spiro atoms. The fourth-order valence-electron chi connectivity index (χ4n) is 3.07. The number of nitrogens with one attached hydrogen (secondary N) is 3. The van der Waals surface area contributed by atoms with Gasteiger partial charge in [-0.15, -0.1) is 0 Å². The Bertz CT molecular complexity index is 906. The van der Waals surface area contributed by atoms with Crippen LogP contribution in [0.15, 0.2) is 59.8 Å². The first kappa shape index (κ1) is 19.3. The number of hydrogen-bond donors (Lipinski definition) is 3. The largest absolute Gasteiger partial charge is 0.497 e. The highest BCUT2D eigenvalue weighted by Crippen LogP contribution is 2.30. The van der Waals surface area contributed by atoms with Gasteiger partial charge in [-0.25, -0.2) is 4.79 Å². The van der Waals surface area contributed by atoms with Crippen molar-refractivity contribution < 1.29 is 19.1 Å². The highest BCUT2D eigenvalue weighted by molar-refractivity contribution is 6.06. The number of carbonyl (C=O) groups excluding carboxylic acids is 2. The maximum absolute atomic E-state index is 13.0. The Morgan fingerprint density at radius 1 is 1.14 bits per heavy atom. The van der Waals surface area contributed by atoms with E-state index in [0.717, 1.165) is 11.3 Å². The van der Waals surface area contributed by atoms with Gasteiger partial charge in [0.05, 0.1) is 25.3 Å². The SMILES string of the molecule is CCOc1ccc(NC(=O)C2=C(C)NC(=O)NC2c2cccc(OC)c2)cc1. The molecule has 7 nitrogen and oxygen atoms in total. The lowest BCUT2D eigenvalue weighted by Gasteiger charge is -2.28. The number of anilines is 1. The predicted octanol–water partition coefficient (Wildman–Crippen LogP) is 3.36. The number of methoxy groups -OCH3 is 1. The number of ether oxygens (including phenoxy) is 2. The van der Waals surface area contributed by atoms with Crippen molar-refractivity contribution in [3.05, 3.63) is 65.4 Å². The number of rotatable bonds is 6. The maximum atomic E-state index is 13.0. The third kappa shape index (κ3) is 4.25. The smallest absolute Gasteiger partial charge is 0.319 e. The van der Waals surface area contributed by atoms with Crippen molar-refractivity contribution in [2.24, 2.45) is 0 Å². The molecule has 7 heteroatoms. The molecule has 1 aliphatic heterocycles. The van der Waals surface area contributed by atoms with Gasteiger partial charge in [0, 0.05) is 11.4 Å². The van der Waals surface area contributed by atoms with E-state index >= 15 is 0 Å². The Balaban J connectivity index is 1.88. The van der Waals surface area contributed by atoms with E-state index in [9.17, 15) is 9.59 Å². The van der Waals surface area contributed by atoms with Gasteiger partial charge in [0.25, 0.3) is 5.91 Å². The van der Waals surface area contributed by atoms with Crippen LogP contribution in [0.25, 0.3) is 0 Å². The number of allylic oxidation sites excluding steroid dienone is 1. The topological polar surface area (TPSA) is 88.7 Å². The average Bonchev–Trinajstić information content (AvgIpc) is 2.69. The highest BCUT2D eigenvalue weighted by atomic mass is 16.5. The third-order valence-electron chi connectivity index (χ3n) is 4.36. The van der Waals surface area contributed by atoms with Crippen LogP contribution < -0.4 is 25.4 Å². The first-order chi connectivity index (χ1) is 13.5. The molecule has 28 heavy (non-hydrogen) atoms. The summed E-state index contributed by atoms with van der Waals surface area (Å²) in [4.78, 5) is 25.0. The zero-order chi connectivity index (χ0) is 20.1. The molecule has 0 fully saturated rings. The molecule has 1 heterocycles. The number of amides is 3. The quantitative estimate of drug-likeness (QED) is 0.716. The minimum absolute atomic E-state index is 0.304. The van der Waals surface area contributed by atoms with Crippen LogP contribution in [0.5, 0.6) is 11.5 Å². The molecule has 146 valence electrons.